The van der Waals surface area contributed by atoms with Crippen LogP contribution in [-0.4, -0.2) is 28.2 Å². The molecule has 3 nitrogen and oxygen atoms in total. The zero-order chi connectivity index (χ0) is 10.8. The van der Waals surface area contributed by atoms with Gasteiger partial charge in [-0.1, -0.05) is 28.1 Å². The molecule has 0 saturated carbocycles. The maximum absolute atomic E-state index is 9.82. The molecule has 15 heavy (non-hydrogen) atoms. The first-order valence-electron chi connectivity index (χ1n) is 5.01. The Hall–Kier alpha value is -0.580. The predicted molar refractivity (Wildman–Crippen MR) is 63.4 cm³/mol. The van der Waals surface area contributed by atoms with Gasteiger partial charge in [0.15, 0.2) is 0 Å². The molecule has 0 aliphatic carbocycles. The van der Waals surface area contributed by atoms with Gasteiger partial charge in [-0.25, -0.2) is 0 Å². The summed E-state index contributed by atoms with van der Waals surface area (Å²) in [5.41, 5.74) is 3.14. The highest BCUT2D eigenvalue weighted by molar-refractivity contribution is 9.09. The van der Waals surface area contributed by atoms with Gasteiger partial charge in [0, 0.05) is 17.6 Å². The first-order valence-corrected chi connectivity index (χ1v) is 6.13. The van der Waals surface area contributed by atoms with Gasteiger partial charge >= 0.3 is 0 Å². The van der Waals surface area contributed by atoms with Crippen LogP contribution in [0.3, 0.4) is 0 Å². The highest BCUT2D eigenvalue weighted by Gasteiger charge is 2.19. The Bertz CT molecular complexity index is 356. The Morgan fingerprint density at radius 3 is 2.93 bits per heavy atom. The fourth-order valence-corrected chi connectivity index (χ4v) is 2.17. The van der Waals surface area contributed by atoms with E-state index in [1.807, 2.05) is 18.2 Å². The molecule has 2 atom stereocenters. The number of hydrogen-bond donors (Lipinski definition) is 3. The third kappa shape index (κ3) is 2.17. The molecule has 3 N–H and O–H groups in total. The van der Waals surface area contributed by atoms with Gasteiger partial charge in [0.05, 0.1) is 6.10 Å². The molecule has 0 saturated heterocycles. The lowest BCUT2D eigenvalue weighted by atomic mass is 10.0. The number of aliphatic hydroxyl groups is 2. The first kappa shape index (κ1) is 10.9. The minimum Gasteiger partial charge on any atom is -0.389 e. The van der Waals surface area contributed by atoms with Crippen molar-refractivity contribution in [1.29, 1.82) is 0 Å². The van der Waals surface area contributed by atoms with Gasteiger partial charge in [0.2, 0.25) is 0 Å². The molecule has 1 aliphatic heterocycles. The van der Waals surface area contributed by atoms with E-state index in [4.69, 9.17) is 0 Å². The van der Waals surface area contributed by atoms with Crippen molar-refractivity contribution in [2.24, 2.45) is 0 Å². The van der Waals surface area contributed by atoms with Crippen LogP contribution in [-0.2, 0) is 6.42 Å². The molecule has 1 aromatic carbocycles. The highest BCUT2D eigenvalue weighted by Crippen LogP contribution is 2.27. The Kier molecular flexibility index (Phi) is 3.29. The number of benzene rings is 1. The molecule has 0 bridgehead atoms. The van der Waals surface area contributed by atoms with Crippen molar-refractivity contribution in [3.05, 3.63) is 29.3 Å². The molecule has 0 radical (unpaired) electrons. The van der Waals surface area contributed by atoms with Gasteiger partial charge in [-0.2, -0.15) is 0 Å². The Morgan fingerprint density at radius 1 is 1.40 bits per heavy atom. The normalized spacial score (nSPS) is 18.1. The van der Waals surface area contributed by atoms with Gasteiger partial charge in [0.25, 0.3) is 0 Å². The van der Waals surface area contributed by atoms with Crippen LogP contribution in [0.2, 0.25) is 0 Å². The lowest BCUT2D eigenvalue weighted by molar-refractivity contribution is 0.0342. The number of fused-ring (bicyclic) bond motifs is 1. The van der Waals surface area contributed by atoms with Crippen LogP contribution in [0.25, 0.3) is 0 Å². The SMILES string of the molecule is OC(CBr)C(O)c1ccc2c(c1)CCN2. The van der Waals surface area contributed by atoms with Crippen molar-refractivity contribution in [3.63, 3.8) is 0 Å². The average molecular weight is 272 g/mol. The van der Waals surface area contributed by atoms with Crippen LogP contribution in [0.15, 0.2) is 18.2 Å². The van der Waals surface area contributed by atoms with E-state index in [9.17, 15) is 10.2 Å². The summed E-state index contributed by atoms with van der Waals surface area (Å²) in [4.78, 5) is 0. The van der Waals surface area contributed by atoms with E-state index in [0.717, 1.165) is 24.2 Å². The van der Waals surface area contributed by atoms with E-state index in [0.29, 0.717) is 5.33 Å². The van der Waals surface area contributed by atoms with Gasteiger partial charge in [-0.15, -0.1) is 0 Å². The molecule has 1 aromatic rings. The van der Waals surface area contributed by atoms with Crippen molar-refractivity contribution in [3.8, 4) is 0 Å². The van der Waals surface area contributed by atoms with E-state index in [1.54, 1.807) is 0 Å². The quantitative estimate of drug-likeness (QED) is 0.730. The molecular weight excluding hydrogens is 258 g/mol. The van der Waals surface area contributed by atoms with Crippen LogP contribution in [0, 0.1) is 0 Å². The molecular formula is C11H14BrNO2. The molecule has 2 rings (SSSR count). The largest absolute Gasteiger partial charge is 0.389 e. The molecule has 0 fully saturated rings. The van der Waals surface area contributed by atoms with Crippen LogP contribution >= 0.6 is 15.9 Å². The van der Waals surface area contributed by atoms with Crippen molar-refractivity contribution in [2.75, 3.05) is 17.2 Å². The molecule has 0 aromatic heterocycles. The number of rotatable bonds is 3. The van der Waals surface area contributed by atoms with Gasteiger partial charge in [-0.3, -0.25) is 0 Å². The topological polar surface area (TPSA) is 52.5 Å². The Labute approximate surface area is 97.3 Å². The summed E-state index contributed by atoms with van der Waals surface area (Å²) in [7, 11) is 0. The van der Waals surface area contributed by atoms with Crippen LogP contribution in [0.5, 0.6) is 0 Å². The van der Waals surface area contributed by atoms with Gasteiger partial charge < -0.3 is 15.5 Å². The highest BCUT2D eigenvalue weighted by atomic mass is 79.9. The Morgan fingerprint density at radius 2 is 2.20 bits per heavy atom. The van der Waals surface area contributed by atoms with Crippen molar-refractivity contribution in [2.45, 2.75) is 18.6 Å². The number of hydrogen-bond acceptors (Lipinski definition) is 3. The van der Waals surface area contributed by atoms with Crippen molar-refractivity contribution >= 4 is 21.6 Å². The number of aliphatic hydroxyl groups excluding tert-OH is 2. The molecule has 4 heteroatoms. The fraction of sp³-hybridized carbons (Fsp3) is 0.455. The van der Waals surface area contributed by atoms with E-state index in [-0.39, 0.29) is 0 Å². The van der Waals surface area contributed by atoms with Crippen LogP contribution < -0.4 is 5.32 Å². The van der Waals surface area contributed by atoms with Gasteiger partial charge in [-0.05, 0) is 23.6 Å². The number of nitrogens with one attached hydrogen (secondary N) is 1. The molecule has 0 spiro atoms. The van der Waals surface area contributed by atoms with Crippen molar-refractivity contribution in [1.82, 2.24) is 0 Å². The Balaban J connectivity index is 2.22. The third-order valence-electron chi connectivity index (χ3n) is 2.70. The summed E-state index contributed by atoms with van der Waals surface area (Å²) in [5, 5.41) is 23.0. The van der Waals surface area contributed by atoms with Gasteiger partial charge in [0.1, 0.15) is 6.10 Å². The smallest absolute Gasteiger partial charge is 0.106 e. The van der Waals surface area contributed by atoms with E-state index < -0.39 is 12.2 Å². The van der Waals surface area contributed by atoms with Crippen LogP contribution in [0.4, 0.5) is 5.69 Å². The minimum absolute atomic E-state index is 0.378. The zero-order valence-electron chi connectivity index (χ0n) is 8.28. The summed E-state index contributed by atoms with van der Waals surface area (Å²) in [6.07, 6.45) is -0.576. The third-order valence-corrected chi connectivity index (χ3v) is 3.37. The molecule has 1 heterocycles. The second kappa shape index (κ2) is 4.51. The lowest BCUT2D eigenvalue weighted by Gasteiger charge is -2.16. The summed E-state index contributed by atoms with van der Waals surface area (Å²) in [6, 6.07) is 5.78. The maximum Gasteiger partial charge on any atom is 0.106 e. The number of anilines is 1. The fourth-order valence-electron chi connectivity index (χ4n) is 1.82. The minimum atomic E-state index is -0.810. The first-order chi connectivity index (χ1) is 7.22. The predicted octanol–water partition coefficient (Wildman–Crippen LogP) is 1.44. The van der Waals surface area contributed by atoms with Crippen molar-refractivity contribution < 1.29 is 10.2 Å². The lowest BCUT2D eigenvalue weighted by Crippen LogP contribution is -2.19. The summed E-state index contributed by atoms with van der Waals surface area (Å²) in [5.74, 6) is 0. The zero-order valence-corrected chi connectivity index (χ0v) is 9.87. The molecule has 82 valence electrons. The molecule has 1 aliphatic rings. The average Bonchev–Trinajstić information content (AvgIpc) is 2.73. The second-order valence-electron chi connectivity index (χ2n) is 3.76. The summed E-state index contributed by atoms with van der Waals surface area (Å²) in [6.45, 7) is 0.954. The summed E-state index contributed by atoms with van der Waals surface area (Å²) >= 11 is 3.15. The maximum atomic E-state index is 9.82. The standard InChI is InChI=1S/C11H14BrNO2/c12-6-10(14)11(15)8-1-2-9-7(5-8)3-4-13-9/h1-2,5,10-11,13-15H,3-4,6H2. The van der Waals surface area contributed by atoms with Crippen LogP contribution in [0.1, 0.15) is 17.2 Å². The van der Waals surface area contributed by atoms with E-state index in [1.165, 1.54) is 5.56 Å². The molecule has 2 unspecified atom stereocenters. The second-order valence-corrected chi connectivity index (χ2v) is 4.41. The summed E-state index contributed by atoms with van der Waals surface area (Å²) < 4.78 is 0. The monoisotopic (exact) mass is 271 g/mol. The molecule has 0 amide bonds. The number of alkyl halides is 1. The van der Waals surface area contributed by atoms with E-state index >= 15 is 0 Å². The number of halogens is 1. The van der Waals surface area contributed by atoms with E-state index in [2.05, 4.69) is 21.2 Å².